The summed E-state index contributed by atoms with van der Waals surface area (Å²) in [5, 5.41) is 3.06. The number of carbonyl (C=O) groups excluding carboxylic acids is 2. The Morgan fingerprint density at radius 2 is 1.56 bits per heavy atom. The van der Waals surface area contributed by atoms with Crippen molar-refractivity contribution in [2.45, 2.75) is 57.6 Å². The molecule has 0 spiro atoms. The molecule has 0 fully saturated rings. The lowest BCUT2D eigenvalue weighted by Gasteiger charge is -2.32. The molecule has 7 nitrogen and oxygen atoms in total. The number of carbonyl (C=O) groups is 2. The molecule has 10 heteroatoms. The number of rotatable bonds is 11. The van der Waals surface area contributed by atoms with Crippen LogP contribution in [-0.2, 0) is 26.2 Å². The topological polar surface area (TPSA) is 86.8 Å². The number of nitrogens with zero attached hydrogens (tertiary/aromatic N) is 2. The summed E-state index contributed by atoms with van der Waals surface area (Å²) >= 11 is 12.7. The normalized spacial score (nSPS) is 12.9. The zero-order chi connectivity index (χ0) is 28.7. The van der Waals surface area contributed by atoms with Gasteiger partial charge in [-0.05, 0) is 57.0 Å². The summed E-state index contributed by atoms with van der Waals surface area (Å²) in [6.45, 7) is 6.82. The van der Waals surface area contributed by atoms with Gasteiger partial charge in [0.2, 0.25) is 11.8 Å². The highest BCUT2D eigenvalue weighted by atomic mass is 35.5. The second-order valence-electron chi connectivity index (χ2n) is 9.40. The first-order valence-corrected chi connectivity index (χ1v) is 14.8. The summed E-state index contributed by atoms with van der Waals surface area (Å²) < 4.78 is 28.7. The van der Waals surface area contributed by atoms with Crippen LogP contribution in [0, 0.1) is 6.92 Å². The van der Waals surface area contributed by atoms with Crippen molar-refractivity contribution in [3.63, 3.8) is 0 Å². The largest absolute Gasteiger partial charge is 0.352 e. The van der Waals surface area contributed by atoms with Gasteiger partial charge in [0, 0.05) is 12.6 Å². The van der Waals surface area contributed by atoms with Gasteiger partial charge in [-0.2, -0.15) is 0 Å². The van der Waals surface area contributed by atoms with Crippen LogP contribution in [-0.4, -0.2) is 43.8 Å². The minimum atomic E-state index is -4.24. The molecule has 2 unspecified atom stereocenters. The summed E-state index contributed by atoms with van der Waals surface area (Å²) in [6.07, 6.45) is 0.723. The number of aryl methyl sites for hydroxylation is 1. The van der Waals surface area contributed by atoms with Gasteiger partial charge < -0.3 is 10.2 Å². The number of hydrogen-bond donors (Lipinski definition) is 1. The van der Waals surface area contributed by atoms with Crippen LogP contribution in [0.1, 0.15) is 38.3 Å². The van der Waals surface area contributed by atoms with Crippen molar-refractivity contribution in [2.24, 2.45) is 0 Å². The third-order valence-electron chi connectivity index (χ3n) is 6.45. The SMILES string of the molecule is CCC(C)NC(=O)C(C)N(Cc1ccccc1)C(=O)CN(c1cccc(Cl)c1Cl)S(=O)(=O)c1ccc(C)cc1. The van der Waals surface area contributed by atoms with E-state index < -0.39 is 28.5 Å². The lowest BCUT2D eigenvalue weighted by Crippen LogP contribution is -2.52. The van der Waals surface area contributed by atoms with Crippen molar-refractivity contribution in [1.29, 1.82) is 0 Å². The third-order valence-corrected chi connectivity index (χ3v) is 9.03. The van der Waals surface area contributed by atoms with Gasteiger partial charge in [-0.3, -0.25) is 13.9 Å². The van der Waals surface area contributed by atoms with Crippen molar-refractivity contribution in [3.8, 4) is 0 Å². The average molecular weight is 591 g/mol. The van der Waals surface area contributed by atoms with Gasteiger partial charge in [0.15, 0.2) is 0 Å². The van der Waals surface area contributed by atoms with E-state index in [9.17, 15) is 18.0 Å². The Morgan fingerprint density at radius 3 is 2.18 bits per heavy atom. The number of nitrogens with one attached hydrogen (secondary N) is 1. The van der Waals surface area contributed by atoms with Crippen LogP contribution in [0.4, 0.5) is 5.69 Å². The van der Waals surface area contributed by atoms with Gasteiger partial charge in [-0.25, -0.2) is 8.42 Å². The monoisotopic (exact) mass is 589 g/mol. The van der Waals surface area contributed by atoms with Crippen LogP contribution in [0.2, 0.25) is 10.0 Å². The van der Waals surface area contributed by atoms with E-state index in [2.05, 4.69) is 5.32 Å². The molecule has 0 aliphatic heterocycles. The Bertz CT molecular complexity index is 1400. The molecular formula is C29H33Cl2N3O4S. The van der Waals surface area contributed by atoms with E-state index >= 15 is 0 Å². The second-order valence-corrected chi connectivity index (χ2v) is 12.0. The predicted octanol–water partition coefficient (Wildman–Crippen LogP) is 5.83. The van der Waals surface area contributed by atoms with Gasteiger partial charge >= 0.3 is 0 Å². The highest BCUT2D eigenvalue weighted by Gasteiger charge is 2.33. The average Bonchev–Trinajstić information content (AvgIpc) is 2.92. The van der Waals surface area contributed by atoms with E-state index in [4.69, 9.17) is 23.2 Å². The molecule has 3 rings (SSSR count). The molecule has 1 N–H and O–H groups in total. The molecule has 39 heavy (non-hydrogen) atoms. The van der Waals surface area contributed by atoms with Crippen LogP contribution >= 0.6 is 23.2 Å². The Balaban J connectivity index is 2.05. The molecule has 0 heterocycles. The Labute approximate surface area is 240 Å². The van der Waals surface area contributed by atoms with Crippen molar-refractivity contribution < 1.29 is 18.0 Å². The summed E-state index contributed by atoms with van der Waals surface area (Å²) in [6, 6.07) is 19.2. The fourth-order valence-corrected chi connectivity index (χ4v) is 5.74. The van der Waals surface area contributed by atoms with E-state index in [1.54, 1.807) is 25.1 Å². The first-order valence-electron chi connectivity index (χ1n) is 12.6. The zero-order valence-corrected chi connectivity index (χ0v) is 24.7. The Kier molecular flexibility index (Phi) is 10.4. The lowest BCUT2D eigenvalue weighted by molar-refractivity contribution is -0.139. The minimum absolute atomic E-state index is 0.000162. The quantitative estimate of drug-likeness (QED) is 0.305. The van der Waals surface area contributed by atoms with Crippen LogP contribution in [0.5, 0.6) is 0 Å². The molecule has 2 amide bonds. The summed E-state index contributed by atoms with van der Waals surface area (Å²) in [7, 11) is -4.24. The molecule has 3 aromatic rings. The number of halogens is 2. The maximum atomic E-state index is 13.9. The molecule has 0 aliphatic rings. The van der Waals surface area contributed by atoms with Crippen molar-refractivity contribution in [2.75, 3.05) is 10.8 Å². The molecule has 208 valence electrons. The molecule has 0 aliphatic carbocycles. The molecular weight excluding hydrogens is 557 g/mol. The number of anilines is 1. The molecule has 0 aromatic heterocycles. The maximum Gasteiger partial charge on any atom is 0.264 e. The van der Waals surface area contributed by atoms with Crippen molar-refractivity contribution >= 4 is 50.7 Å². The molecule has 0 radical (unpaired) electrons. The van der Waals surface area contributed by atoms with E-state index in [0.29, 0.717) is 0 Å². The number of sulfonamides is 1. The minimum Gasteiger partial charge on any atom is -0.352 e. The van der Waals surface area contributed by atoms with E-state index in [-0.39, 0.29) is 39.1 Å². The summed E-state index contributed by atoms with van der Waals surface area (Å²) in [5.41, 5.74) is 1.74. The first kappa shape index (κ1) is 30.5. The van der Waals surface area contributed by atoms with Crippen molar-refractivity contribution in [3.05, 3.63) is 94.0 Å². The van der Waals surface area contributed by atoms with Gasteiger partial charge in [-0.1, -0.05) is 84.2 Å². The van der Waals surface area contributed by atoms with E-state index in [0.717, 1.165) is 21.9 Å². The fourth-order valence-electron chi connectivity index (χ4n) is 3.86. The number of amides is 2. The van der Waals surface area contributed by atoms with Crippen LogP contribution < -0.4 is 9.62 Å². The maximum absolute atomic E-state index is 13.9. The van der Waals surface area contributed by atoms with Crippen LogP contribution in [0.3, 0.4) is 0 Å². The highest BCUT2D eigenvalue weighted by Crippen LogP contribution is 2.35. The molecule has 0 bridgehead atoms. The predicted molar refractivity (Wildman–Crippen MR) is 157 cm³/mol. The lowest BCUT2D eigenvalue weighted by atomic mass is 10.1. The molecule has 2 atom stereocenters. The zero-order valence-electron chi connectivity index (χ0n) is 22.4. The summed E-state index contributed by atoms with van der Waals surface area (Å²) in [4.78, 5) is 28.4. The second kappa shape index (κ2) is 13.3. The fraction of sp³-hybridized carbons (Fsp3) is 0.310. The van der Waals surface area contributed by atoms with Crippen LogP contribution in [0.25, 0.3) is 0 Å². The van der Waals surface area contributed by atoms with Gasteiger partial charge in [0.05, 0.1) is 20.6 Å². The third kappa shape index (κ3) is 7.53. The van der Waals surface area contributed by atoms with Gasteiger partial charge in [0.25, 0.3) is 10.0 Å². The van der Waals surface area contributed by atoms with Gasteiger partial charge in [0.1, 0.15) is 12.6 Å². The molecule has 0 saturated heterocycles. The number of hydrogen-bond acceptors (Lipinski definition) is 4. The first-order chi connectivity index (χ1) is 18.4. The standard InChI is InChI=1S/C29H33Cl2N3O4S/c1-5-21(3)32-29(36)22(4)33(18-23-10-7-6-8-11-23)27(35)19-34(26-13-9-12-25(30)28(26)31)39(37,38)24-16-14-20(2)15-17-24/h6-17,21-22H,5,18-19H2,1-4H3,(H,32,36). The van der Waals surface area contributed by atoms with Crippen molar-refractivity contribution in [1.82, 2.24) is 10.2 Å². The Morgan fingerprint density at radius 1 is 0.923 bits per heavy atom. The Hall–Kier alpha value is -3.07. The van der Waals surface area contributed by atoms with Crippen LogP contribution in [0.15, 0.2) is 77.7 Å². The van der Waals surface area contributed by atoms with E-state index in [1.807, 2.05) is 51.1 Å². The highest BCUT2D eigenvalue weighted by molar-refractivity contribution is 7.92. The smallest absolute Gasteiger partial charge is 0.264 e. The molecule has 0 saturated carbocycles. The summed E-state index contributed by atoms with van der Waals surface area (Å²) in [5.74, 6) is -0.903. The number of benzene rings is 3. The molecule has 3 aromatic carbocycles. The van der Waals surface area contributed by atoms with Gasteiger partial charge in [-0.15, -0.1) is 0 Å². The van der Waals surface area contributed by atoms with E-state index in [1.165, 1.54) is 29.2 Å².